The highest BCUT2D eigenvalue weighted by atomic mass is 32.2. The lowest BCUT2D eigenvalue weighted by Crippen LogP contribution is -2.36. The Kier molecular flexibility index (Phi) is 7.91. The summed E-state index contributed by atoms with van der Waals surface area (Å²) >= 11 is 0. The van der Waals surface area contributed by atoms with Gasteiger partial charge >= 0.3 is 0 Å². The van der Waals surface area contributed by atoms with Crippen molar-refractivity contribution in [3.05, 3.63) is 17.9 Å². The van der Waals surface area contributed by atoms with Crippen LogP contribution in [-0.4, -0.2) is 57.3 Å². The first-order chi connectivity index (χ1) is 10.1. The smallest absolute Gasteiger partial charge is 0.276 e. The fourth-order valence-corrected chi connectivity index (χ4v) is 3.02. The van der Waals surface area contributed by atoms with E-state index in [2.05, 4.69) is 0 Å². The first-order valence-corrected chi connectivity index (χ1v) is 8.35. The van der Waals surface area contributed by atoms with Gasteiger partial charge in [-0.1, -0.05) is 0 Å². The number of rotatable bonds is 11. The normalized spacial score (nSPS) is 12.2. The van der Waals surface area contributed by atoms with E-state index in [1.165, 1.54) is 16.4 Å². The van der Waals surface area contributed by atoms with Crippen LogP contribution in [0.4, 0.5) is 0 Å². The van der Waals surface area contributed by atoms with Gasteiger partial charge in [0.15, 0.2) is 0 Å². The molecule has 0 fully saturated rings. The molecule has 0 aliphatic carbocycles. The van der Waals surface area contributed by atoms with Crippen molar-refractivity contribution in [2.24, 2.45) is 0 Å². The van der Waals surface area contributed by atoms with Crippen LogP contribution in [0.2, 0.25) is 0 Å². The van der Waals surface area contributed by atoms with E-state index in [0.29, 0.717) is 26.4 Å². The maximum atomic E-state index is 12.5. The van der Waals surface area contributed by atoms with Gasteiger partial charge in [0.1, 0.15) is 12.4 Å². The van der Waals surface area contributed by atoms with Gasteiger partial charge in [0.2, 0.25) is 5.09 Å². The minimum atomic E-state index is -3.76. The molecule has 0 amide bonds. The average Bonchev–Trinajstić information content (AvgIpc) is 2.95. The van der Waals surface area contributed by atoms with Crippen molar-refractivity contribution in [1.82, 2.24) is 4.31 Å². The van der Waals surface area contributed by atoms with Gasteiger partial charge < -0.3 is 19.0 Å². The number of furan rings is 1. The fraction of sp³-hybridized carbons (Fsp3) is 0.692. The highest BCUT2D eigenvalue weighted by Crippen LogP contribution is 2.18. The van der Waals surface area contributed by atoms with Crippen molar-refractivity contribution in [1.29, 1.82) is 0 Å². The van der Waals surface area contributed by atoms with Crippen LogP contribution in [0.25, 0.3) is 0 Å². The number of ether oxygens (including phenoxy) is 2. The van der Waals surface area contributed by atoms with E-state index >= 15 is 0 Å². The molecule has 0 aromatic carbocycles. The molecule has 1 aromatic heterocycles. The number of hydrogen-bond acceptors (Lipinski definition) is 6. The predicted molar refractivity (Wildman–Crippen MR) is 76.4 cm³/mol. The van der Waals surface area contributed by atoms with Gasteiger partial charge in [-0.2, -0.15) is 4.31 Å². The van der Waals surface area contributed by atoms with E-state index in [1.807, 2.05) is 13.8 Å². The Morgan fingerprint density at radius 2 is 1.71 bits per heavy atom. The van der Waals surface area contributed by atoms with Gasteiger partial charge in [0, 0.05) is 26.3 Å². The summed E-state index contributed by atoms with van der Waals surface area (Å²) in [6.45, 7) is 5.44. The van der Waals surface area contributed by atoms with Crippen LogP contribution in [0.1, 0.15) is 19.6 Å². The van der Waals surface area contributed by atoms with Crippen molar-refractivity contribution in [3.63, 3.8) is 0 Å². The van der Waals surface area contributed by atoms with Gasteiger partial charge in [-0.15, -0.1) is 0 Å². The summed E-state index contributed by atoms with van der Waals surface area (Å²) in [5.41, 5.74) is 0. The van der Waals surface area contributed by atoms with Crippen LogP contribution in [0.3, 0.4) is 0 Å². The lowest BCUT2D eigenvalue weighted by atomic mass is 10.5. The first-order valence-electron chi connectivity index (χ1n) is 6.91. The number of aliphatic hydroxyl groups excluding tert-OH is 1. The summed E-state index contributed by atoms with van der Waals surface area (Å²) < 4.78 is 41.8. The van der Waals surface area contributed by atoms with Crippen LogP contribution in [0.5, 0.6) is 0 Å². The predicted octanol–water partition coefficient (Wildman–Crippen LogP) is 0.836. The largest absolute Gasteiger partial charge is 0.446 e. The molecule has 1 N–H and O–H groups in total. The quantitative estimate of drug-likeness (QED) is 0.607. The Morgan fingerprint density at radius 3 is 2.14 bits per heavy atom. The van der Waals surface area contributed by atoms with Crippen molar-refractivity contribution >= 4 is 10.0 Å². The topological polar surface area (TPSA) is 89.2 Å². The zero-order chi connectivity index (χ0) is 15.7. The third kappa shape index (κ3) is 5.40. The van der Waals surface area contributed by atoms with Crippen LogP contribution in [0, 0.1) is 0 Å². The molecular formula is C13H23NO6S. The molecule has 1 aromatic rings. The minimum Gasteiger partial charge on any atom is -0.446 e. The molecule has 0 atom stereocenters. The molecule has 1 heterocycles. The lowest BCUT2D eigenvalue weighted by Gasteiger charge is -2.20. The molecule has 1 rings (SSSR count). The maximum Gasteiger partial charge on any atom is 0.276 e. The van der Waals surface area contributed by atoms with Gasteiger partial charge in [0.25, 0.3) is 10.0 Å². The Balaban J connectivity index is 2.81. The van der Waals surface area contributed by atoms with Gasteiger partial charge in [-0.3, -0.25) is 0 Å². The molecule has 0 unspecified atom stereocenters. The molecule has 21 heavy (non-hydrogen) atoms. The Bertz CT molecular complexity index is 489. The molecule has 8 heteroatoms. The van der Waals surface area contributed by atoms with Crippen LogP contribution >= 0.6 is 0 Å². The average molecular weight is 321 g/mol. The second kappa shape index (κ2) is 9.16. The second-order valence-electron chi connectivity index (χ2n) is 4.18. The van der Waals surface area contributed by atoms with E-state index in [-0.39, 0.29) is 30.5 Å². The van der Waals surface area contributed by atoms with Gasteiger partial charge in [-0.25, -0.2) is 8.42 Å². The number of aliphatic hydroxyl groups is 1. The summed E-state index contributed by atoms with van der Waals surface area (Å²) in [6.07, 6.45) is 0. The van der Waals surface area contributed by atoms with Gasteiger partial charge in [0.05, 0.1) is 13.2 Å². The molecule has 0 bridgehead atoms. The summed E-state index contributed by atoms with van der Waals surface area (Å²) in [5.74, 6) is 0.211. The zero-order valence-electron chi connectivity index (χ0n) is 12.4. The van der Waals surface area contributed by atoms with E-state index in [1.54, 1.807) is 0 Å². The molecular weight excluding hydrogens is 298 g/mol. The van der Waals surface area contributed by atoms with Crippen LogP contribution in [0.15, 0.2) is 21.6 Å². The van der Waals surface area contributed by atoms with E-state index in [0.717, 1.165) is 0 Å². The molecule has 0 radical (unpaired) electrons. The van der Waals surface area contributed by atoms with Gasteiger partial charge in [-0.05, 0) is 26.0 Å². The van der Waals surface area contributed by atoms with Crippen molar-refractivity contribution < 1.29 is 27.4 Å². The third-order valence-corrected chi connectivity index (χ3v) is 4.54. The molecule has 0 saturated carbocycles. The summed E-state index contributed by atoms with van der Waals surface area (Å²) in [7, 11) is -3.76. The van der Waals surface area contributed by atoms with Crippen molar-refractivity contribution in [2.75, 3.05) is 39.5 Å². The molecule has 0 spiro atoms. The SMILES string of the molecule is CCOCCN(CCOCC)S(=O)(=O)c1ccc(CO)o1. The highest BCUT2D eigenvalue weighted by molar-refractivity contribution is 7.89. The first kappa shape index (κ1) is 18.1. The Hall–Kier alpha value is -0.930. The Labute approximate surface area is 125 Å². The maximum absolute atomic E-state index is 12.5. The van der Waals surface area contributed by atoms with E-state index < -0.39 is 10.0 Å². The Morgan fingerprint density at radius 1 is 1.14 bits per heavy atom. The van der Waals surface area contributed by atoms with Crippen LogP contribution in [-0.2, 0) is 26.1 Å². The highest BCUT2D eigenvalue weighted by Gasteiger charge is 2.27. The van der Waals surface area contributed by atoms with E-state index in [9.17, 15) is 8.42 Å². The third-order valence-electron chi connectivity index (χ3n) is 2.77. The number of nitrogens with zero attached hydrogens (tertiary/aromatic N) is 1. The standard InChI is InChI=1S/C13H23NO6S/c1-3-18-9-7-14(8-10-19-4-2)21(16,17)13-6-5-12(11-15)20-13/h5-6,15H,3-4,7-11H2,1-2H3. The minimum absolute atomic E-state index is 0.181. The lowest BCUT2D eigenvalue weighted by molar-refractivity contribution is 0.110. The van der Waals surface area contributed by atoms with Crippen molar-refractivity contribution in [3.8, 4) is 0 Å². The molecule has 0 saturated heterocycles. The number of hydrogen-bond donors (Lipinski definition) is 1. The van der Waals surface area contributed by atoms with E-state index in [4.69, 9.17) is 19.0 Å². The monoisotopic (exact) mass is 321 g/mol. The van der Waals surface area contributed by atoms with Crippen LogP contribution < -0.4 is 0 Å². The summed E-state index contributed by atoms with van der Waals surface area (Å²) in [4.78, 5) is 0. The fourth-order valence-electron chi connectivity index (χ4n) is 1.68. The number of sulfonamides is 1. The summed E-state index contributed by atoms with van der Waals surface area (Å²) in [5, 5.41) is 8.78. The van der Waals surface area contributed by atoms with Crippen molar-refractivity contribution in [2.45, 2.75) is 25.5 Å². The molecule has 0 aliphatic heterocycles. The summed E-state index contributed by atoms with van der Waals surface area (Å²) in [6, 6.07) is 2.78. The molecule has 0 aliphatic rings. The molecule has 7 nitrogen and oxygen atoms in total. The zero-order valence-corrected chi connectivity index (χ0v) is 13.3. The second-order valence-corrected chi connectivity index (χ2v) is 6.05. The molecule has 122 valence electrons.